The van der Waals surface area contributed by atoms with E-state index in [-0.39, 0.29) is 30.2 Å². The van der Waals surface area contributed by atoms with Crippen LogP contribution in [0.25, 0.3) is 0 Å². The van der Waals surface area contributed by atoms with E-state index >= 15 is 0 Å². The van der Waals surface area contributed by atoms with E-state index in [9.17, 15) is 13.2 Å². The number of hydrogen-bond donors (Lipinski definition) is 3. The van der Waals surface area contributed by atoms with E-state index in [4.69, 9.17) is 5.73 Å². The van der Waals surface area contributed by atoms with Gasteiger partial charge in [0.15, 0.2) is 0 Å². The van der Waals surface area contributed by atoms with Crippen LogP contribution in [0.3, 0.4) is 0 Å². The Morgan fingerprint density at radius 2 is 2.06 bits per heavy atom. The Balaban J connectivity index is 2.21. The maximum atomic E-state index is 11.8. The van der Waals surface area contributed by atoms with Crippen LogP contribution in [0.1, 0.15) is 32.6 Å². The topological polar surface area (TPSA) is 101 Å². The highest BCUT2D eigenvalue weighted by molar-refractivity contribution is 7.89. The summed E-state index contributed by atoms with van der Waals surface area (Å²) < 4.78 is 24.7. The molecule has 0 bridgehead atoms. The first kappa shape index (κ1) is 15.4. The fourth-order valence-electron chi connectivity index (χ4n) is 2.10. The molecule has 4 N–H and O–H groups in total. The molecule has 1 saturated carbocycles. The quantitative estimate of drug-likeness (QED) is 0.573. The van der Waals surface area contributed by atoms with Crippen molar-refractivity contribution in [1.29, 1.82) is 0 Å². The van der Waals surface area contributed by atoms with Gasteiger partial charge < -0.3 is 11.1 Å². The molecular weight excluding hydrogens is 254 g/mol. The van der Waals surface area contributed by atoms with Gasteiger partial charge in [0, 0.05) is 25.0 Å². The molecule has 0 spiro atoms. The van der Waals surface area contributed by atoms with E-state index in [1.165, 1.54) is 0 Å². The molecule has 0 radical (unpaired) electrons. The summed E-state index contributed by atoms with van der Waals surface area (Å²) >= 11 is 0. The van der Waals surface area contributed by atoms with E-state index in [0.29, 0.717) is 6.54 Å². The number of nitrogens with two attached hydrogens (primary N) is 1. The summed E-state index contributed by atoms with van der Waals surface area (Å²) in [4.78, 5) is 11.8. The number of amides is 1. The molecule has 1 fully saturated rings. The molecule has 1 aliphatic rings. The Labute approximate surface area is 109 Å². The highest BCUT2D eigenvalue weighted by Crippen LogP contribution is 2.22. The molecule has 0 aromatic carbocycles. The van der Waals surface area contributed by atoms with Crippen molar-refractivity contribution in [3.63, 3.8) is 0 Å². The van der Waals surface area contributed by atoms with E-state index in [1.807, 2.05) is 0 Å². The third kappa shape index (κ3) is 5.32. The van der Waals surface area contributed by atoms with Gasteiger partial charge >= 0.3 is 0 Å². The molecule has 2 atom stereocenters. The van der Waals surface area contributed by atoms with Crippen molar-refractivity contribution in [3.05, 3.63) is 0 Å². The zero-order valence-corrected chi connectivity index (χ0v) is 11.6. The predicted octanol–water partition coefficient (Wildman–Crippen LogP) is -0.441. The van der Waals surface area contributed by atoms with Gasteiger partial charge in [0.1, 0.15) is 0 Å². The SMILES string of the molecule is CCS(=O)(=O)NCCNC(=O)C1CCCC(N)C1. The summed E-state index contributed by atoms with van der Waals surface area (Å²) in [6.07, 6.45) is 3.58. The smallest absolute Gasteiger partial charge is 0.223 e. The first-order valence-electron chi connectivity index (χ1n) is 6.45. The van der Waals surface area contributed by atoms with Crippen molar-refractivity contribution in [2.24, 2.45) is 11.7 Å². The van der Waals surface area contributed by atoms with Crippen LogP contribution in [0, 0.1) is 5.92 Å². The lowest BCUT2D eigenvalue weighted by Gasteiger charge is -2.25. The maximum absolute atomic E-state index is 11.8. The van der Waals surface area contributed by atoms with Crippen LogP contribution < -0.4 is 15.8 Å². The van der Waals surface area contributed by atoms with Crippen LogP contribution in [0.4, 0.5) is 0 Å². The zero-order chi connectivity index (χ0) is 13.6. The van der Waals surface area contributed by atoms with Crippen LogP contribution in [-0.2, 0) is 14.8 Å². The number of carbonyl (C=O) groups excluding carboxylic acids is 1. The Bertz CT molecular complexity index is 370. The van der Waals surface area contributed by atoms with Gasteiger partial charge in [-0.1, -0.05) is 6.42 Å². The molecule has 7 heteroatoms. The van der Waals surface area contributed by atoms with Gasteiger partial charge in [0.25, 0.3) is 0 Å². The number of sulfonamides is 1. The van der Waals surface area contributed by atoms with Gasteiger partial charge in [0.2, 0.25) is 15.9 Å². The molecule has 0 heterocycles. The highest BCUT2D eigenvalue weighted by Gasteiger charge is 2.24. The molecule has 18 heavy (non-hydrogen) atoms. The van der Waals surface area contributed by atoms with Crippen LogP contribution in [-0.4, -0.2) is 39.2 Å². The van der Waals surface area contributed by atoms with E-state index in [0.717, 1.165) is 25.7 Å². The van der Waals surface area contributed by atoms with Gasteiger partial charge in [-0.2, -0.15) is 0 Å². The number of rotatable bonds is 6. The molecule has 1 amide bonds. The molecule has 0 saturated heterocycles. The minimum Gasteiger partial charge on any atom is -0.355 e. The fraction of sp³-hybridized carbons (Fsp3) is 0.909. The Hall–Kier alpha value is -0.660. The van der Waals surface area contributed by atoms with Gasteiger partial charge in [-0.25, -0.2) is 13.1 Å². The normalized spacial score (nSPS) is 24.8. The summed E-state index contributed by atoms with van der Waals surface area (Å²) in [6, 6.07) is 0.119. The summed E-state index contributed by atoms with van der Waals surface area (Å²) in [5, 5.41) is 2.75. The van der Waals surface area contributed by atoms with Crippen molar-refractivity contribution >= 4 is 15.9 Å². The molecule has 106 valence electrons. The Kier molecular flexibility index (Phi) is 6.04. The number of nitrogens with one attached hydrogen (secondary N) is 2. The van der Waals surface area contributed by atoms with Gasteiger partial charge in [-0.15, -0.1) is 0 Å². The minimum atomic E-state index is -3.17. The highest BCUT2D eigenvalue weighted by atomic mass is 32.2. The van der Waals surface area contributed by atoms with Crippen molar-refractivity contribution < 1.29 is 13.2 Å². The van der Waals surface area contributed by atoms with Crippen molar-refractivity contribution in [3.8, 4) is 0 Å². The third-order valence-electron chi connectivity index (χ3n) is 3.21. The first-order chi connectivity index (χ1) is 8.44. The second kappa shape index (κ2) is 7.06. The molecule has 6 nitrogen and oxygen atoms in total. The summed E-state index contributed by atoms with van der Waals surface area (Å²) in [5.74, 6) is 0.0238. The Morgan fingerprint density at radius 3 is 2.67 bits per heavy atom. The lowest BCUT2D eigenvalue weighted by Crippen LogP contribution is -2.41. The van der Waals surface area contributed by atoms with Gasteiger partial charge in [-0.3, -0.25) is 4.79 Å². The second-order valence-electron chi connectivity index (χ2n) is 4.71. The summed E-state index contributed by atoms with van der Waals surface area (Å²) in [5.41, 5.74) is 5.82. The van der Waals surface area contributed by atoms with Crippen LogP contribution in [0.5, 0.6) is 0 Å². The van der Waals surface area contributed by atoms with Crippen LogP contribution in [0.15, 0.2) is 0 Å². The number of hydrogen-bond acceptors (Lipinski definition) is 4. The molecule has 0 aliphatic heterocycles. The van der Waals surface area contributed by atoms with Crippen molar-refractivity contribution in [2.45, 2.75) is 38.6 Å². The lowest BCUT2D eigenvalue weighted by atomic mass is 9.85. The van der Waals surface area contributed by atoms with Gasteiger partial charge in [0.05, 0.1) is 5.75 Å². The molecule has 2 unspecified atom stereocenters. The summed E-state index contributed by atoms with van der Waals surface area (Å²) in [7, 11) is -3.17. The van der Waals surface area contributed by atoms with E-state index in [2.05, 4.69) is 10.0 Å². The molecule has 0 aromatic heterocycles. The monoisotopic (exact) mass is 277 g/mol. The molecule has 0 aromatic rings. The summed E-state index contributed by atoms with van der Waals surface area (Å²) in [6.45, 7) is 2.13. The average molecular weight is 277 g/mol. The third-order valence-corrected chi connectivity index (χ3v) is 4.62. The Morgan fingerprint density at radius 1 is 1.33 bits per heavy atom. The lowest BCUT2D eigenvalue weighted by molar-refractivity contribution is -0.126. The standard InChI is InChI=1S/C11H23N3O3S/c1-2-18(16,17)14-7-6-13-11(15)9-4-3-5-10(12)8-9/h9-10,14H,2-8,12H2,1H3,(H,13,15). The molecule has 1 rings (SSSR count). The number of carbonyl (C=O) groups is 1. The average Bonchev–Trinajstić information content (AvgIpc) is 2.34. The predicted molar refractivity (Wildman–Crippen MR) is 70.4 cm³/mol. The van der Waals surface area contributed by atoms with Gasteiger partial charge in [-0.05, 0) is 26.2 Å². The molecular formula is C11H23N3O3S. The van der Waals surface area contributed by atoms with E-state index in [1.54, 1.807) is 6.92 Å². The second-order valence-corrected chi connectivity index (χ2v) is 6.81. The minimum absolute atomic E-state index is 0.0131. The van der Waals surface area contributed by atoms with Crippen LogP contribution >= 0.6 is 0 Å². The fourth-order valence-corrected chi connectivity index (χ4v) is 2.72. The van der Waals surface area contributed by atoms with Crippen LogP contribution in [0.2, 0.25) is 0 Å². The van der Waals surface area contributed by atoms with Crippen molar-refractivity contribution in [1.82, 2.24) is 10.0 Å². The zero-order valence-electron chi connectivity index (χ0n) is 10.8. The maximum Gasteiger partial charge on any atom is 0.223 e. The van der Waals surface area contributed by atoms with E-state index < -0.39 is 10.0 Å². The van der Waals surface area contributed by atoms with Crippen molar-refractivity contribution in [2.75, 3.05) is 18.8 Å². The first-order valence-corrected chi connectivity index (χ1v) is 8.10. The molecule has 1 aliphatic carbocycles. The largest absolute Gasteiger partial charge is 0.355 e.